The van der Waals surface area contributed by atoms with Gasteiger partial charge in [-0.15, -0.1) is 0 Å². The van der Waals surface area contributed by atoms with Gasteiger partial charge in [-0.25, -0.2) is 4.79 Å². The Bertz CT molecular complexity index is 444. The Balaban J connectivity index is 2.32. The van der Waals surface area contributed by atoms with Crippen molar-refractivity contribution in [1.82, 2.24) is 0 Å². The monoisotopic (exact) mass is 330 g/mol. The predicted octanol–water partition coefficient (Wildman–Crippen LogP) is 1.67. The van der Waals surface area contributed by atoms with Crippen molar-refractivity contribution in [3.05, 3.63) is 11.5 Å². The molecule has 2 unspecified atom stereocenters. The van der Waals surface area contributed by atoms with Crippen LogP contribution in [0, 0.1) is 0 Å². The van der Waals surface area contributed by atoms with Gasteiger partial charge in [0.15, 0.2) is 17.6 Å². The number of Topliss-reactive ketones (excluding diaryl/α,β-unsaturated/α-hetero) is 1. The molecule has 23 heavy (non-hydrogen) atoms. The first kappa shape index (κ1) is 19.4. The van der Waals surface area contributed by atoms with Gasteiger partial charge in [0.2, 0.25) is 5.76 Å². The van der Waals surface area contributed by atoms with E-state index < -0.39 is 41.6 Å². The third kappa shape index (κ3) is 5.51. The highest BCUT2D eigenvalue weighted by Crippen LogP contribution is 2.23. The number of hydrogen-bond donors (Lipinski definition) is 4. The standard InChI is InChI=1S/C16H26O7/c1-2-3-4-5-6-7-8-9-10(17)11(18)12(19)15-13(20)14(21)16(22)23-15/h11-12,15,18-21H,2-9H2,1H3/t11?,12?,15-/m0/s1. The van der Waals surface area contributed by atoms with Gasteiger partial charge < -0.3 is 25.2 Å². The molecule has 132 valence electrons. The van der Waals surface area contributed by atoms with E-state index in [9.17, 15) is 24.9 Å². The van der Waals surface area contributed by atoms with Crippen LogP contribution < -0.4 is 0 Å². The highest BCUT2D eigenvalue weighted by Gasteiger charge is 2.43. The third-order valence-corrected chi connectivity index (χ3v) is 3.93. The minimum Gasteiger partial charge on any atom is -0.505 e. The number of ether oxygens (including phenoxy) is 1. The first-order valence-corrected chi connectivity index (χ1v) is 8.12. The molecule has 0 saturated heterocycles. The van der Waals surface area contributed by atoms with Crippen LogP contribution in [0.25, 0.3) is 0 Å². The average molecular weight is 330 g/mol. The van der Waals surface area contributed by atoms with E-state index in [2.05, 4.69) is 11.7 Å². The summed E-state index contributed by atoms with van der Waals surface area (Å²) in [4.78, 5) is 22.9. The Morgan fingerprint density at radius 2 is 1.65 bits per heavy atom. The van der Waals surface area contributed by atoms with Crippen molar-refractivity contribution in [3.63, 3.8) is 0 Å². The number of aliphatic hydroxyl groups excluding tert-OH is 4. The van der Waals surface area contributed by atoms with Crippen LogP contribution in [-0.4, -0.2) is 50.5 Å². The summed E-state index contributed by atoms with van der Waals surface area (Å²) in [5.41, 5.74) is 0. The van der Waals surface area contributed by atoms with Crippen molar-refractivity contribution in [2.45, 2.75) is 76.6 Å². The summed E-state index contributed by atoms with van der Waals surface area (Å²) in [5.74, 6) is -3.66. The predicted molar refractivity (Wildman–Crippen MR) is 81.8 cm³/mol. The number of rotatable bonds is 11. The Morgan fingerprint density at radius 3 is 2.17 bits per heavy atom. The molecule has 7 nitrogen and oxygen atoms in total. The van der Waals surface area contributed by atoms with Crippen LogP contribution in [0.3, 0.4) is 0 Å². The van der Waals surface area contributed by atoms with Crippen LogP contribution in [0.2, 0.25) is 0 Å². The lowest BCUT2D eigenvalue weighted by molar-refractivity contribution is -0.154. The van der Waals surface area contributed by atoms with Crippen LogP contribution in [-0.2, 0) is 14.3 Å². The summed E-state index contributed by atoms with van der Waals surface area (Å²) in [6.45, 7) is 2.14. The van der Waals surface area contributed by atoms with Crippen LogP contribution in [0.5, 0.6) is 0 Å². The van der Waals surface area contributed by atoms with E-state index >= 15 is 0 Å². The molecule has 7 heteroatoms. The summed E-state index contributed by atoms with van der Waals surface area (Å²) in [6.07, 6.45) is 2.05. The number of unbranched alkanes of at least 4 members (excludes halogenated alkanes) is 6. The molecule has 1 rings (SSSR count). The first-order valence-electron chi connectivity index (χ1n) is 8.12. The number of carbonyl (C=O) groups excluding carboxylic acids is 2. The Labute approximate surface area is 135 Å². The zero-order valence-corrected chi connectivity index (χ0v) is 13.4. The Morgan fingerprint density at radius 1 is 1.09 bits per heavy atom. The van der Waals surface area contributed by atoms with Crippen molar-refractivity contribution in [2.24, 2.45) is 0 Å². The number of ketones is 1. The maximum Gasteiger partial charge on any atom is 0.377 e. The average Bonchev–Trinajstić information content (AvgIpc) is 2.80. The molecule has 1 aliphatic heterocycles. The molecule has 1 heterocycles. The van der Waals surface area contributed by atoms with E-state index in [1.807, 2.05) is 0 Å². The van der Waals surface area contributed by atoms with E-state index in [0.29, 0.717) is 6.42 Å². The second kappa shape index (κ2) is 9.52. The van der Waals surface area contributed by atoms with Crippen molar-refractivity contribution in [1.29, 1.82) is 0 Å². The van der Waals surface area contributed by atoms with Crippen LogP contribution >= 0.6 is 0 Å². The molecule has 0 fully saturated rings. The van der Waals surface area contributed by atoms with Crippen LogP contribution in [0.4, 0.5) is 0 Å². The molecule has 0 amide bonds. The molecule has 1 aliphatic rings. The van der Waals surface area contributed by atoms with Gasteiger partial charge in [-0.2, -0.15) is 0 Å². The SMILES string of the molecule is CCCCCCCCCC(=O)C(O)C(O)[C@@H]1OC(=O)C(O)=C1O. The third-order valence-electron chi connectivity index (χ3n) is 3.93. The second-order valence-corrected chi connectivity index (χ2v) is 5.83. The molecule has 0 aromatic carbocycles. The molecule has 0 radical (unpaired) electrons. The van der Waals surface area contributed by atoms with Crippen LogP contribution in [0.1, 0.15) is 58.3 Å². The van der Waals surface area contributed by atoms with Gasteiger partial charge in [-0.05, 0) is 6.42 Å². The number of carbonyl (C=O) groups is 2. The van der Waals surface area contributed by atoms with E-state index in [-0.39, 0.29) is 6.42 Å². The maximum absolute atomic E-state index is 11.8. The van der Waals surface area contributed by atoms with Crippen molar-refractivity contribution in [3.8, 4) is 0 Å². The molecule has 0 aromatic heterocycles. The summed E-state index contributed by atoms with van der Waals surface area (Å²) >= 11 is 0. The lowest BCUT2D eigenvalue weighted by Crippen LogP contribution is -2.43. The highest BCUT2D eigenvalue weighted by atomic mass is 16.6. The number of aliphatic hydroxyl groups is 4. The smallest absolute Gasteiger partial charge is 0.377 e. The molecule has 0 aromatic rings. The van der Waals surface area contributed by atoms with E-state index in [1.165, 1.54) is 19.3 Å². The molecular formula is C16H26O7. The van der Waals surface area contributed by atoms with Crippen molar-refractivity contribution in [2.75, 3.05) is 0 Å². The maximum atomic E-state index is 11.8. The van der Waals surface area contributed by atoms with Gasteiger partial charge in [0.05, 0.1) is 0 Å². The molecule has 3 atom stereocenters. The molecule has 0 saturated carbocycles. The summed E-state index contributed by atoms with van der Waals surface area (Å²) in [6, 6.07) is 0. The zero-order valence-electron chi connectivity index (χ0n) is 13.4. The minimum atomic E-state index is -1.80. The number of esters is 1. The van der Waals surface area contributed by atoms with E-state index in [4.69, 9.17) is 5.11 Å². The Hall–Kier alpha value is -1.60. The fourth-order valence-electron chi connectivity index (χ4n) is 2.46. The summed E-state index contributed by atoms with van der Waals surface area (Å²) in [5, 5.41) is 38.2. The Kier molecular flexibility index (Phi) is 8.05. The molecule has 0 aliphatic carbocycles. The summed E-state index contributed by atoms with van der Waals surface area (Å²) in [7, 11) is 0. The normalized spacial score (nSPS) is 20.5. The second-order valence-electron chi connectivity index (χ2n) is 5.83. The van der Waals surface area contributed by atoms with E-state index in [0.717, 1.165) is 19.3 Å². The molecule has 0 spiro atoms. The lowest BCUT2D eigenvalue weighted by atomic mass is 9.99. The van der Waals surface area contributed by atoms with Gasteiger partial charge in [0.1, 0.15) is 12.2 Å². The molecule has 4 N–H and O–H groups in total. The number of cyclic esters (lactones) is 1. The van der Waals surface area contributed by atoms with Crippen LogP contribution in [0.15, 0.2) is 11.5 Å². The summed E-state index contributed by atoms with van der Waals surface area (Å²) < 4.78 is 4.52. The van der Waals surface area contributed by atoms with E-state index in [1.54, 1.807) is 0 Å². The fourth-order valence-corrected chi connectivity index (χ4v) is 2.46. The van der Waals surface area contributed by atoms with Gasteiger partial charge in [0.25, 0.3) is 0 Å². The fraction of sp³-hybridized carbons (Fsp3) is 0.750. The van der Waals surface area contributed by atoms with Crippen molar-refractivity contribution >= 4 is 11.8 Å². The minimum absolute atomic E-state index is 0.100. The molecular weight excluding hydrogens is 304 g/mol. The topological polar surface area (TPSA) is 124 Å². The van der Waals surface area contributed by atoms with Gasteiger partial charge in [0, 0.05) is 6.42 Å². The van der Waals surface area contributed by atoms with Crippen molar-refractivity contribution < 1.29 is 34.8 Å². The largest absolute Gasteiger partial charge is 0.505 e. The quantitative estimate of drug-likeness (QED) is 0.335. The van der Waals surface area contributed by atoms with Gasteiger partial charge >= 0.3 is 5.97 Å². The highest BCUT2D eigenvalue weighted by molar-refractivity contribution is 5.89. The van der Waals surface area contributed by atoms with Gasteiger partial charge in [-0.1, -0.05) is 45.4 Å². The first-order chi connectivity index (χ1) is 10.9. The zero-order chi connectivity index (χ0) is 17.4. The number of hydrogen-bond acceptors (Lipinski definition) is 7. The molecule has 0 bridgehead atoms. The van der Waals surface area contributed by atoms with Gasteiger partial charge in [-0.3, -0.25) is 4.79 Å². The lowest BCUT2D eigenvalue weighted by Gasteiger charge is -2.21.